The lowest BCUT2D eigenvalue weighted by atomic mass is 10.2. The minimum atomic E-state index is -0.420. The summed E-state index contributed by atoms with van der Waals surface area (Å²) in [6, 6.07) is 15.0. The number of hydrogen-bond acceptors (Lipinski definition) is 6. The molecule has 1 aliphatic rings. The standard InChI is InChI=1S/C24H26N2O4/c1-17(2)23(27)29-21-9-5-19(6-10-21)25-13-15-26(16-14-25)20-7-11-22(12-8-20)30-24(28)18(3)4/h5-12H,1,3,13-16H2,2,4H3. The number of carbonyl (C=O) groups is 2. The number of nitrogens with zero attached hydrogens (tertiary/aromatic N) is 2. The van der Waals surface area contributed by atoms with Gasteiger partial charge in [-0.15, -0.1) is 0 Å². The average molecular weight is 406 g/mol. The summed E-state index contributed by atoms with van der Waals surface area (Å²) in [5.41, 5.74) is 2.92. The molecule has 2 aromatic carbocycles. The number of ether oxygens (including phenoxy) is 2. The Morgan fingerprint density at radius 3 is 1.23 bits per heavy atom. The van der Waals surface area contributed by atoms with Crippen LogP contribution in [0.2, 0.25) is 0 Å². The van der Waals surface area contributed by atoms with Gasteiger partial charge in [-0.3, -0.25) is 0 Å². The first kappa shape index (κ1) is 21.2. The van der Waals surface area contributed by atoms with Gasteiger partial charge < -0.3 is 19.3 Å². The zero-order valence-electron chi connectivity index (χ0n) is 17.4. The Hall–Kier alpha value is -3.54. The summed E-state index contributed by atoms with van der Waals surface area (Å²) < 4.78 is 10.5. The molecule has 6 nitrogen and oxygen atoms in total. The van der Waals surface area contributed by atoms with Crippen LogP contribution < -0.4 is 19.3 Å². The monoisotopic (exact) mass is 406 g/mol. The highest BCUT2D eigenvalue weighted by molar-refractivity contribution is 5.89. The van der Waals surface area contributed by atoms with Crippen LogP contribution in [0.4, 0.5) is 11.4 Å². The molecule has 1 aliphatic heterocycles. The summed E-state index contributed by atoms with van der Waals surface area (Å²) in [7, 11) is 0. The van der Waals surface area contributed by atoms with Crippen molar-refractivity contribution in [2.45, 2.75) is 13.8 Å². The topological polar surface area (TPSA) is 59.1 Å². The highest BCUT2D eigenvalue weighted by Gasteiger charge is 2.18. The van der Waals surface area contributed by atoms with Crippen molar-refractivity contribution >= 4 is 23.3 Å². The Balaban J connectivity index is 1.54. The van der Waals surface area contributed by atoms with E-state index in [1.165, 1.54) is 0 Å². The molecule has 0 spiro atoms. The van der Waals surface area contributed by atoms with Gasteiger partial charge in [-0.25, -0.2) is 9.59 Å². The van der Waals surface area contributed by atoms with Gasteiger partial charge in [-0.1, -0.05) is 13.2 Å². The van der Waals surface area contributed by atoms with Crippen LogP contribution >= 0.6 is 0 Å². The summed E-state index contributed by atoms with van der Waals surface area (Å²) in [6.07, 6.45) is 0. The summed E-state index contributed by atoms with van der Waals surface area (Å²) in [4.78, 5) is 27.8. The number of hydrogen-bond donors (Lipinski definition) is 0. The maximum absolute atomic E-state index is 11.6. The molecular weight excluding hydrogens is 380 g/mol. The fourth-order valence-electron chi connectivity index (χ4n) is 3.06. The van der Waals surface area contributed by atoms with E-state index < -0.39 is 11.9 Å². The number of rotatable bonds is 6. The average Bonchev–Trinajstić information content (AvgIpc) is 2.75. The molecule has 0 bridgehead atoms. The third kappa shape index (κ3) is 5.29. The molecule has 6 heteroatoms. The Bertz CT molecular complexity index is 861. The van der Waals surface area contributed by atoms with Crippen molar-refractivity contribution in [1.29, 1.82) is 0 Å². The van der Waals surface area contributed by atoms with Crippen molar-refractivity contribution in [2.24, 2.45) is 0 Å². The minimum absolute atomic E-state index is 0.372. The van der Waals surface area contributed by atoms with Crippen molar-refractivity contribution in [3.05, 3.63) is 72.8 Å². The lowest BCUT2D eigenvalue weighted by molar-refractivity contribution is -0.130. The fourth-order valence-corrected chi connectivity index (χ4v) is 3.06. The SMILES string of the molecule is C=C(C)C(=O)Oc1ccc(N2CCN(c3ccc(OC(=O)C(=C)C)cc3)CC2)cc1. The van der Waals surface area contributed by atoms with Crippen molar-refractivity contribution in [1.82, 2.24) is 0 Å². The van der Waals surface area contributed by atoms with E-state index in [9.17, 15) is 9.59 Å². The predicted molar refractivity (Wildman–Crippen MR) is 118 cm³/mol. The molecule has 2 aromatic rings. The molecule has 30 heavy (non-hydrogen) atoms. The molecule has 0 atom stereocenters. The van der Waals surface area contributed by atoms with E-state index in [-0.39, 0.29) is 0 Å². The van der Waals surface area contributed by atoms with Crippen LogP contribution in [0.5, 0.6) is 11.5 Å². The molecule has 0 amide bonds. The first-order valence-corrected chi connectivity index (χ1v) is 9.79. The predicted octanol–water partition coefficient (Wildman–Crippen LogP) is 3.98. The quantitative estimate of drug-likeness (QED) is 0.411. The highest BCUT2D eigenvalue weighted by Crippen LogP contribution is 2.25. The number of esters is 2. The van der Waals surface area contributed by atoms with Crippen molar-refractivity contribution in [3.63, 3.8) is 0 Å². The number of piperazine rings is 1. The molecule has 3 rings (SSSR count). The van der Waals surface area contributed by atoms with Crippen LogP contribution in [-0.2, 0) is 9.59 Å². The third-order valence-corrected chi connectivity index (χ3v) is 4.80. The third-order valence-electron chi connectivity index (χ3n) is 4.80. The first-order valence-electron chi connectivity index (χ1n) is 9.79. The van der Waals surface area contributed by atoms with Gasteiger partial charge in [-0.2, -0.15) is 0 Å². The maximum atomic E-state index is 11.6. The van der Waals surface area contributed by atoms with Crippen molar-refractivity contribution < 1.29 is 19.1 Å². The molecule has 0 aromatic heterocycles. The Labute approximate surface area is 177 Å². The van der Waals surface area contributed by atoms with E-state index in [1.54, 1.807) is 38.1 Å². The Morgan fingerprint density at radius 1 is 0.667 bits per heavy atom. The Kier molecular flexibility index (Phi) is 6.57. The summed E-state index contributed by atoms with van der Waals surface area (Å²) in [5, 5.41) is 0. The zero-order valence-corrected chi connectivity index (χ0v) is 17.4. The first-order chi connectivity index (χ1) is 14.3. The van der Waals surface area contributed by atoms with Crippen molar-refractivity contribution in [2.75, 3.05) is 36.0 Å². The highest BCUT2D eigenvalue weighted by atomic mass is 16.5. The van der Waals surface area contributed by atoms with E-state index >= 15 is 0 Å². The van der Waals surface area contributed by atoms with Crippen LogP contribution in [0.3, 0.4) is 0 Å². The second kappa shape index (κ2) is 9.31. The van der Waals surface area contributed by atoms with Crippen LogP contribution in [-0.4, -0.2) is 38.1 Å². The summed E-state index contributed by atoms with van der Waals surface area (Å²) >= 11 is 0. The van der Waals surface area contributed by atoms with E-state index in [0.717, 1.165) is 37.6 Å². The normalized spacial score (nSPS) is 13.5. The molecule has 0 N–H and O–H groups in total. The molecule has 156 valence electrons. The van der Waals surface area contributed by atoms with Gasteiger partial charge in [0.25, 0.3) is 0 Å². The molecule has 1 fully saturated rings. The van der Waals surface area contributed by atoms with Crippen LogP contribution in [0.25, 0.3) is 0 Å². The molecule has 1 heterocycles. The molecule has 0 radical (unpaired) electrons. The Morgan fingerprint density at radius 2 is 0.967 bits per heavy atom. The molecule has 1 saturated heterocycles. The van der Waals surface area contributed by atoms with Crippen LogP contribution in [0.1, 0.15) is 13.8 Å². The second-order valence-electron chi connectivity index (χ2n) is 7.30. The van der Waals surface area contributed by atoms with Gasteiger partial charge in [0.05, 0.1) is 0 Å². The van der Waals surface area contributed by atoms with E-state index in [4.69, 9.17) is 9.47 Å². The molecule has 0 aliphatic carbocycles. The lowest BCUT2D eigenvalue weighted by Crippen LogP contribution is -2.46. The fraction of sp³-hybridized carbons (Fsp3) is 0.250. The van der Waals surface area contributed by atoms with Gasteiger partial charge in [-0.05, 0) is 62.4 Å². The minimum Gasteiger partial charge on any atom is -0.423 e. The maximum Gasteiger partial charge on any atom is 0.338 e. The van der Waals surface area contributed by atoms with Gasteiger partial charge in [0.1, 0.15) is 11.5 Å². The van der Waals surface area contributed by atoms with Gasteiger partial charge >= 0.3 is 11.9 Å². The zero-order chi connectivity index (χ0) is 21.7. The summed E-state index contributed by atoms with van der Waals surface area (Å²) in [5.74, 6) is 0.184. The van der Waals surface area contributed by atoms with Crippen LogP contribution in [0.15, 0.2) is 72.8 Å². The summed E-state index contributed by atoms with van der Waals surface area (Å²) in [6.45, 7) is 13.9. The van der Waals surface area contributed by atoms with Gasteiger partial charge in [0, 0.05) is 48.7 Å². The van der Waals surface area contributed by atoms with Crippen LogP contribution in [0, 0.1) is 0 Å². The van der Waals surface area contributed by atoms with Crippen molar-refractivity contribution in [3.8, 4) is 11.5 Å². The van der Waals surface area contributed by atoms with E-state index in [1.807, 2.05) is 24.3 Å². The second-order valence-corrected chi connectivity index (χ2v) is 7.30. The molecule has 0 unspecified atom stereocenters. The number of anilines is 2. The number of benzene rings is 2. The lowest BCUT2D eigenvalue weighted by Gasteiger charge is -2.37. The van der Waals surface area contributed by atoms with Gasteiger partial charge in [0.2, 0.25) is 0 Å². The van der Waals surface area contributed by atoms with E-state index in [0.29, 0.717) is 22.6 Å². The largest absolute Gasteiger partial charge is 0.423 e. The number of carbonyl (C=O) groups excluding carboxylic acids is 2. The molecular formula is C24H26N2O4. The smallest absolute Gasteiger partial charge is 0.338 e. The molecule has 0 saturated carbocycles. The van der Waals surface area contributed by atoms with E-state index in [2.05, 4.69) is 23.0 Å². The van der Waals surface area contributed by atoms with Gasteiger partial charge in [0.15, 0.2) is 0 Å².